The fraction of sp³-hybridized carbons (Fsp3) is 0.588. The maximum Gasteiger partial charge on any atom is 0.335 e. The number of carbonyl (C=O) groups is 1. The van der Waals surface area contributed by atoms with Gasteiger partial charge < -0.3 is 10.2 Å². The number of carboxylic acid groups (broad SMARTS) is 1. The third-order valence-electron chi connectivity index (χ3n) is 3.63. The molecule has 0 unspecified atom stereocenters. The summed E-state index contributed by atoms with van der Waals surface area (Å²) < 4.78 is 0. The van der Waals surface area contributed by atoms with Crippen molar-refractivity contribution >= 4 is 5.97 Å². The van der Waals surface area contributed by atoms with Gasteiger partial charge in [0.25, 0.3) is 0 Å². The Labute approximate surface area is 121 Å². The Morgan fingerprint density at radius 2 is 1.60 bits per heavy atom. The molecule has 0 saturated carbocycles. The molecule has 0 spiro atoms. The van der Waals surface area contributed by atoms with Crippen LogP contribution in [0.2, 0.25) is 0 Å². The van der Waals surface area contributed by atoms with Crippen LogP contribution in [0.4, 0.5) is 0 Å². The van der Waals surface area contributed by atoms with E-state index >= 15 is 0 Å². The van der Waals surface area contributed by atoms with E-state index < -0.39 is 5.97 Å². The molecule has 1 rings (SSSR count). The van der Waals surface area contributed by atoms with Gasteiger partial charge in [0.05, 0.1) is 5.56 Å². The van der Waals surface area contributed by atoms with Crippen LogP contribution >= 0.6 is 0 Å². The standard InChI is InChI=1S/C17H26O3/c1-2-3-4-5-6-7-8-9-10-14-11-12-15(17(19)20)13-16(14)18/h11-13,18H,2-10H2,1H3,(H,19,20). The van der Waals surface area contributed by atoms with E-state index in [0.717, 1.165) is 18.4 Å². The molecule has 0 saturated heterocycles. The number of benzene rings is 1. The fourth-order valence-corrected chi connectivity index (χ4v) is 2.36. The van der Waals surface area contributed by atoms with Crippen LogP contribution in [0.15, 0.2) is 18.2 Å². The summed E-state index contributed by atoms with van der Waals surface area (Å²) >= 11 is 0. The van der Waals surface area contributed by atoms with E-state index in [1.807, 2.05) is 0 Å². The maximum absolute atomic E-state index is 10.8. The van der Waals surface area contributed by atoms with Crippen molar-refractivity contribution in [2.24, 2.45) is 0 Å². The van der Waals surface area contributed by atoms with E-state index in [9.17, 15) is 9.90 Å². The lowest BCUT2D eigenvalue weighted by molar-refractivity contribution is 0.0696. The zero-order valence-corrected chi connectivity index (χ0v) is 12.4. The first-order valence-corrected chi connectivity index (χ1v) is 7.70. The van der Waals surface area contributed by atoms with Crippen molar-refractivity contribution in [1.29, 1.82) is 0 Å². The highest BCUT2D eigenvalue weighted by Gasteiger charge is 2.07. The van der Waals surface area contributed by atoms with Gasteiger partial charge in [0.1, 0.15) is 5.75 Å². The highest BCUT2D eigenvalue weighted by molar-refractivity contribution is 5.88. The minimum Gasteiger partial charge on any atom is -0.508 e. The first kappa shape index (κ1) is 16.5. The van der Waals surface area contributed by atoms with Crippen LogP contribution in [0.25, 0.3) is 0 Å². The first-order chi connectivity index (χ1) is 9.65. The topological polar surface area (TPSA) is 57.5 Å². The maximum atomic E-state index is 10.8. The van der Waals surface area contributed by atoms with Gasteiger partial charge in [-0.15, -0.1) is 0 Å². The van der Waals surface area contributed by atoms with Crippen LogP contribution in [-0.2, 0) is 6.42 Å². The molecule has 1 aromatic carbocycles. The molecule has 0 heterocycles. The van der Waals surface area contributed by atoms with E-state index in [-0.39, 0.29) is 11.3 Å². The van der Waals surface area contributed by atoms with Crippen molar-refractivity contribution < 1.29 is 15.0 Å². The molecule has 2 N–H and O–H groups in total. The number of aromatic hydroxyl groups is 1. The summed E-state index contributed by atoms with van der Waals surface area (Å²) in [6.07, 6.45) is 10.9. The van der Waals surface area contributed by atoms with Crippen LogP contribution < -0.4 is 0 Å². The first-order valence-electron chi connectivity index (χ1n) is 7.70. The van der Waals surface area contributed by atoms with Gasteiger partial charge in [-0.05, 0) is 30.5 Å². The molecule has 3 heteroatoms. The molecular formula is C17H26O3. The molecule has 0 radical (unpaired) electrons. The minimum absolute atomic E-state index is 0.104. The molecule has 0 aromatic heterocycles. The van der Waals surface area contributed by atoms with E-state index in [2.05, 4.69) is 6.92 Å². The van der Waals surface area contributed by atoms with Crippen LogP contribution in [-0.4, -0.2) is 16.2 Å². The quantitative estimate of drug-likeness (QED) is 0.606. The zero-order valence-electron chi connectivity index (χ0n) is 12.4. The monoisotopic (exact) mass is 278 g/mol. The molecule has 0 aliphatic heterocycles. The summed E-state index contributed by atoms with van der Waals surface area (Å²) in [4.78, 5) is 10.8. The van der Waals surface area contributed by atoms with Crippen LogP contribution in [0, 0.1) is 0 Å². The number of carboxylic acids is 1. The predicted octanol–water partition coefficient (Wildman–Crippen LogP) is 4.77. The number of aryl methyl sites for hydroxylation is 1. The highest BCUT2D eigenvalue weighted by atomic mass is 16.4. The van der Waals surface area contributed by atoms with Gasteiger partial charge in [0.2, 0.25) is 0 Å². The number of phenolic OH excluding ortho intramolecular Hbond substituents is 1. The number of hydrogen-bond acceptors (Lipinski definition) is 2. The number of phenols is 1. The second-order valence-corrected chi connectivity index (χ2v) is 5.37. The summed E-state index contributed by atoms with van der Waals surface area (Å²) in [6, 6.07) is 4.62. The van der Waals surface area contributed by atoms with Crippen molar-refractivity contribution in [3.8, 4) is 5.75 Å². The third kappa shape index (κ3) is 6.09. The lowest BCUT2D eigenvalue weighted by atomic mass is 10.0. The Morgan fingerprint density at radius 3 is 2.15 bits per heavy atom. The van der Waals surface area contributed by atoms with Gasteiger partial charge in [0, 0.05) is 0 Å². The molecular weight excluding hydrogens is 252 g/mol. The summed E-state index contributed by atoms with van der Waals surface area (Å²) in [5.74, 6) is -0.897. The highest BCUT2D eigenvalue weighted by Crippen LogP contribution is 2.21. The Bertz CT molecular complexity index is 413. The van der Waals surface area contributed by atoms with Gasteiger partial charge in [-0.1, -0.05) is 57.9 Å². The molecule has 0 atom stereocenters. The molecule has 20 heavy (non-hydrogen) atoms. The van der Waals surface area contributed by atoms with Crippen molar-refractivity contribution in [1.82, 2.24) is 0 Å². The summed E-state index contributed by atoms with van der Waals surface area (Å²) in [5, 5.41) is 18.6. The van der Waals surface area contributed by atoms with Gasteiger partial charge in [-0.2, -0.15) is 0 Å². The summed E-state index contributed by atoms with van der Waals surface area (Å²) in [6.45, 7) is 2.22. The lowest BCUT2D eigenvalue weighted by Gasteiger charge is -2.06. The second-order valence-electron chi connectivity index (χ2n) is 5.37. The molecule has 0 aliphatic carbocycles. The van der Waals surface area contributed by atoms with E-state index in [4.69, 9.17) is 5.11 Å². The Balaban J connectivity index is 2.20. The molecule has 3 nitrogen and oxygen atoms in total. The van der Waals surface area contributed by atoms with Gasteiger partial charge in [-0.25, -0.2) is 4.79 Å². The normalized spacial score (nSPS) is 10.7. The molecule has 0 aliphatic rings. The Kier molecular flexibility index (Phi) is 7.78. The average Bonchev–Trinajstić information content (AvgIpc) is 2.43. The molecule has 0 bridgehead atoms. The van der Waals surface area contributed by atoms with Crippen molar-refractivity contribution in [2.75, 3.05) is 0 Å². The van der Waals surface area contributed by atoms with Gasteiger partial charge >= 0.3 is 5.97 Å². The van der Waals surface area contributed by atoms with Crippen LogP contribution in [0.1, 0.15) is 74.2 Å². The predicted molar refractivity (Wildman–Crippen MR) is 81.4 cm³/mol. The largest absolute Gasteiger partial charge is 0.508 e. The van der Waals surface area contributed by atoms with Crippen LogP contribution in [0.5, 0.6) is 5.75 Å². The van der Waals surface area contributed by atoms with Crippen molar-refractivity contribution in [3.05, 3.63) is 29.3 Å². The number of unbranched alkanes of at least 4 members (excludes halogenated alkanes) is 7. The van der Waals surface area contributed by atoms with Crippen molar-refractivity contribution in [3.63, 3.8) is 0 Å². The minimum atomic E-state index is -1.00. The van der Waals surface area contributed by atoms with Gasteiger partial charge in [-0.3, -0.25) is 0 Å². The van der Waals surface area contributed by atoms with Crippen molar-refractivity contribution in [2.45, 2.75) is 64.7 Å². The molecule has 0 amide bonds. The molecule has 1 aromatic rings. The molecule has 112 valence electrons. The number of aromatic carboxylic acids is 1. The zero-order chi connectivity index (χ0) is 14.8. The fourth-order valence-electron chi connectivity index (χ4n) is 2.36. The Hall–Kier alpha value is -1.51. The van der Waals surface area contributed by atoms with Gasteiger partial charge in [0.15, 0.2) is 0 Å². The summed E-state index contributed by atoms with van der Waals surface area (Å²) in [5.41, 5.74) is 0.989. The Morgan fingerprint density at radius 1 is 1.00 bits per heavy atom. The summed E-state index contributed by atoms with van der Waals surface area (Å²) in [7, 11) is 0. The second kappa shape index (κ2) is 9.40. The van der Waals surface area contributed by atoms with E-state index in [0.29, 0.717) is 0 Å². The number of hydrogen-bond donors (Lipinski definition) is 2. The van der Waals surface area contributed by atoms with Crippen LogP contribution in [0.3, 0.4) is 0 Å². The third-order valence-corrected chi connectivity index (χ3v) is 3.63. The van der Waals surface area contributed by atoms with E-state index in [1.165, 1.54) is 51.0 Å². The average molecular weight is 278 g/mol. The molecule has 0 fully saturated rings. The SMILES string of the molecule is CCCCCCCCCCc1ccc(C(=O)O)cc1O. The van der Waals surface area contributed by atoms with E-state index in [1.54, 1.807) is 12.1 Å². The lowest BCUT2D eigenvalue weighted by Crippen LogP contribution is -1.97. The number of rotatable bonds is 10. The smallest absolute Gasteiger partial charge is 0.335 e.